The largest absolute Gasteiger partial charge is 0.495 e. The Morgan fingerprint density at radius 2 is 1.43 bits per heavy atom. The van der Waals surface area contributed by atoms with Gasteiger partial charge in [0.1, 0.15) is 16.0 Å². The maximum absolute atomic E-state index is 11.4. The Bertz CT molecular complexity index is 695. The van der Waals surface area contributed by atoms with Gasteiger partial charge in [-0.25, -0.2) is 4.79 Å². The Morgan fingerprint density at radius 3 is 1.91 bits per heavy atom. The first-order valence-electron chi connectivity index (χ1n) is 6.87. The molecule has 0 aliphatic rings. The predicted molar refractivity (Wildman–Crippen MR) is 94.0 cm³/mol. The maximum atomic E-state index is 11.4. The van der Waals surface area contributed by atoms with Crippen molar-refractivity contribution in [2.75, 3.05) is 21.3 Å². The van der Waals surface area contributed by atoms with Gasteiger partial charge in [0.2, 0.25) is 0 Å². The molecule has 2 aromatic carbocycles. The zero-order valence-electron chi connectivity index (χ0n) is 13.1. The molecule has 0 fully saturated rings. The second kappa shape index (κ2) is 7.83. The van der Waals surface area contributed by atoms with E-state index < -0.39 is 0 Å². The Labute approximate surface area is 143 Å². The Balaban J connectivity index is 2.24. The molecular formula is C18H17BrO4. The molecule has 4 nitrogen and oxygen atoms in total. The summed E-state index contributed by atoms with van der Waals surface area (Å²) in [5, 5.41) is 0. The van der Waals surface area contributed by atoms with Crippen LogP contribution in [0.15, 0.2) is 40.9 Å². The molecule has 0 bridgehead atoms. The molecule has 0 aromatic heterocycles. The number of hydrogen-bond acceptors (Lipinski definition) is 4. The van der Waals surface area contributed by atoms with E-state index in [9.17, 15) is 4.79 Å². The number of ether oxygens (including phenoxy) is 3. The van der Waals surface area contributed by atoms with Crippen LogP contribution in [0, 0.1) is 0 Å². The minimum Gasteiger partial charge on any atom is -0.495 e. The van der Waals surface area contributed by atoms with Crippen LogP contribution in [0.25, 0.3) is 12.2 Å². The molecular weight excluding hydrogens is 360 g/mol. The van der Waals surface area contributed by atoms with Gasteiger partial charge in [-0.15, -0.1) is 0 Å². The highest BCUT2D eigenvalue weighted by Crippen LogP contribution is 2.36. The van der Waals surface area contributed by atoms with Gasteiger partial charge in [0, 0.05) is 0 Å². The summed E-state index contributed by atoms with van der Waals surface area (Å²) in [6.07, 6.45) is 3.90. The van der Waals surface area contributed by atoms with Crippen molar-refractivity contribution in [1.29, 1.82) is 0 Å². The van der Waals surface area contributed by atoms with E-state index in [2.05, 4.69) is 20.7 Å². The van der Waals surface area contributed by atoms with Crippen molar-refractivity contribution in [2.45, 2.75) is 0 Å². The summed E-state index contributed by atoms with van der Waals surface area (Å²) in [5.41, 5.74) is 2.44. The monoisotopic (exact) mass is 376 g/mol. The van der Waals surface area contributed by atoms with Gasteiger partial charge in [0.25, 0.3) is 0 Å². The van der Waals surface area contributed by atoms with Crippen LogP contribution < -0.4 is 9.47 Å². The van der Waals surface area contributed by atoms with E-state index in [1.807, 2.05) is 36.4 Å². The first kappa shape index (κ1) is 17.1. The lowest BCUT2D eigenvalue weighted by molar-refractivity contribution is 0.0600. The molecule has 23 heavy (non-hydrogen) atoms. The van der Waals surface area contributed by atoms with Gasteiger partial charge < -0.3 is 14.2 Å². The van der Waals surface area contributed by atoms with Crippen LogP contribution in [-0.2, 0) is 4.74 Å². The second-order valence-corrected chi connectivity index (χ2v) is 5.48. The predicted octanol–water partition coefficient (Wildman–Crippen LogP) is 4.42. The molecule has 0 aliphatic carbocycles. The zero-order valence-corrected chi connectivity index (χ0v) is 14.7. The minimum absolute atomic E-state index is 0.345. The average molecular weight is 377 g/mol. The van der Waals surface area contributed by atoms with Crippen LogP contribution in [0.3, 0.4) is 0 Å². The molecule has 0 spiro atoms. The van der Waals surface area contributed by atoms with Gasteiger partial charge in [0.15, 0.2) is 0 Å². The van der Waals surface area contributed by atoms with Gasteiger partial charge in [0.05, 0.1) is 26.9 Å². The third-order valence-corrected chi connectivity index (χ3v) is 4.05. The lowest BCUT2D eigenvalue weighted by Crippen LogP contribution is -2.00. The molecule has 0 N–H and O–H groups in total. The number of esters is 1. The highest BCUT2D eigenvalue weighted by molar-refractivity contribution is 9.10. The smallest absolute Gasteiger partial charge is 0.337 e. The van der Waals surface area contributed by atoms with Crippen LogP contribution in [-0.4, -0.2) is 27.3 Å². The highest BCUT2D eigenvalue weighted by Gasteiger charge is 2.08. The molecule has 0 amide bonds. The van der Waals surface area contributed by atoms with E-state index in [1.54, 1.807) is 26.4 Å². The summed E-state index contributed by atoms with van der Waals surface area (Å²) in [4.78, 5) is 11.4. The van der Waals surface area contributed by atoms with Crippen LogP contribution in [0.4, 0.5) is 0 Å². The molecule has 2 aromatic rings. The number of carbonyl (C=O) groups is 1. The normalized spacial score (nSPS) is 10.6. The van der Waals surface area contributed by atoms with Crippen molar-refractivity contribution >= 4 is 34.1 Å². The molecule has 0 radical (unpaired) electrons. The third kappa shape index (κ3) is 4.13. The van der Waals surface area contributed by atoms with Crippen LogP contribution in [0.5, 0.6) is 11.5 Å². The molecule has 5 heteroatoms. The standard InChI is InChI=1S/C18H17BrO4/c1-21-15-10-13(11-16(22-2)17(15)19)5-4-12-6-8-14(9-7-12)18(20)23-3/h4-11H,1-3H3/b5-4+. The Morgan fingerprint density at radius 1 is 0.913 bits per heavy atom. The van der Waals surface area contributed by atoms with Crippen molar-refractivity contribution in [1.82, 2.24) is 0 Å². The van der Waals surface area contributed by atoms with Gasteiger partial charge in [-0.3, -0.25) is 0 Å². The molecule has 0 saturated heterocycles. The number of carbonyl (C=O) groups excluding carboxylic acids is 1. The molecule has 0 aliphatic heterocycles. The third-order valence-electron chi connectivity index (χ3n) is 3.27. The molecule has 0 unspecified atom stereocenters. The Kier molecular flexibility index (Phi) is 5.82. The van der Waals surface area contributed by atoms with Crippen molar-refractivity contribution in [3.05, 3.63) is 57.6 Å². The Hall–Kier alpha value is -2.27. The fraction of sp³-hybridized carbons (Fsp3) is 0.167. The first-order valence-corrected chi connectivity index (χ1v) is 7.66. The lowest BCUT2D eigenvalue weighted by atomic mass is 10.1. The lowest BCUT2D eigenvalue weighted by Gasteiger charge is -2.09. The maximum Gasteiger partial charge on any atom is 0.337 e. The van der Waals surface area contributed by atoms with Gasteiger partial charge in [-0.1, -0.05) is 24.3 Å². The van der Waals surface area contributed by atoms with Crippen LogP contribution in [0.2, 0.25) is 0 Å². The van der Waals surface area contributed by atoms with E-state index in [1.165, 1.54) is 7.11 Å². The van der Waals surface area contributed by atoms with Gasteiger partial charge in [-0.05, 0) is 51.3 Å². The summed E-state index contributed by atoms with van der Waals surface area (Å²) in [6, 6.07) is 11.0. The molecule has 0 saturated carbocycles. The number of benzene rings is 2. The number of rotatable bonds is 5. The molecule has 2 rings (SSSR count). The number of halogens is 1. The fourth-order valence-electron chi connectivity index (χ4n) is 2.03. The van der Waals surface area contributed by atoms with E-state index in [0.717, 1.165) is 15.6 Å². The van der Waals surface area contributed by atoms with Crippen LogP contribution >= 0.6 is 15.9 Å². The molecule has 120 valence electrons. The number of hydrogen-bond donors (Lipinski definition) is 0. The van der Waals surface area contributed by atoms with Crippen molar-refractivity contribution in [3.63, 3.8) is 0 Å². The highest BCUT2D eigenvalue weighted by atomic mass is 79.9. The summed E-state index contributed by atoms with van der Waals surface area (Å²) < 4.78 is 16.1. The second-order valence-electron chi connectivity index (χ2n) is 4.69. The van der Waals surface area contributed by atoms with E-state index in [-0.39, 0.29) is 5.97 Å². The van der Waals surface area contributed by atoms with E-state index >= 15 is 0 Å². The quantitative estimate of drug-likeness (QED) is 0.572. The summed E-state index contributed by atoms with van der Waals surface area (Å²) in [6.45, 7) is 0. The van der Waals surface area contributed by atoms with Crippen molar-refractivity contribution < 1.29 is 19.0 Å². The first-order chi connectivity index (χ1) is 11.1. The van der Waals surface area contributed by atoms with Crippen molar-refractivity contribution in [3.8, 4) is 11.5 Å². The summed E-state index contributed by atoms with van der Waals surface area (Å²) in [5.74, 6) is 1.05. The topological polar surface area (TPSA) is 44.8 Å². The SMILES string of the molecule is COC(=O)c1ccc(/C=C/c2cc(OC)c(Br)c(OC)c2)cc1. The van der Waals surface area contributed by atoms with Crippen LogP contribution in [0.1, 0.15) is 21.5 Å². The van der Waals surface area contributed by atoms with Crippen molar-refractivity contribution in [2.24, 2.45) is 0 Å². The van der Waals surface area contributed by atoms with Gasteiger partial charge in [-0.2, -0.15) is 0 Å². The number of methoxy groups -OCH3 is 3. The molecule has 0 heterocycles. The fourth-order valence-corrected chi connectivity index (χ4v) is 2.58. The summed E-state index contributed by atoms with van der Waals surface area (Å²) >= 11 is 3.44. The summed E-state index contributed by atoms with van der Waals surface area (Å²) in [7, 11) is 4.58. The van der Waals surface area contributed by atoms with E-state index in [4.69, 9.17) is 9.47 Å². The zero-order chi connectivity index (χ0) is 16.8. The van der Waals surface area contributed by atoms with E-state index in [0.29, 0.717) is 17.1 Å². The molecule has 0 atom stereocenters. The average Bonchev–Trinajstić information content (AvgIpc) is 2.60. The minimum atomic E-state index is -0.345. The van der Waals surface area contributed by atoms with Gasteiger partial charge >= 0.3 is 5.97 Å².